The summed E-state index contributed by atoms with van der Waals surface area (Å²) in [6.45, 7) is 29.6. The molecule has 0 atom stereocenters. The van der Waals surface area contributed by atoms with Crippen LogP contribution in [0.3, 0.4) is 0 Å². The molecule has 22 heteroatoms. The van der Waals surface area contributed by atoms with Crippen molar-refractivity contribution in [2.75, 3.05) is 13.2 Å². The Morgan fingerprint density at radius 2 is 0.500 bits per heavy atom. The first-order chi connectivity index (χ1) is 64.1. The zero-order chi connectivity index (χ0) is 94.9. The van der Waals surface area contributed by atoms with Gasteiger partial charge in [-0.15, -0.1) is 22.7 Å². The van der Waals surface area contributed by atoms with Gasteiger partial charge in [-0.05, 0) is 423 Å². The number of aryl methyl sites for hydroxylation is 11. The van der Waals surface area contributed by atoms with Crippen LogP contribution in [0.15, 0.2) is 354 Å². The van der Waals surface area contributed by atoms with Gasteiger partial charge in [0.15, 0.2) is 11.5 Å². The lowest BCUT2D eigenvalue weighted by atomic mass is 9.85. The highest BCUT2D eigenvalue weighted by atomic mass is 32.2. The fraction of sp³-hybridized carbons (Fsp3) is 0.218. The number of ether oxygens (including phenoxy) is 3. The maximum atomic E-state index is 10.4. The smallest absolute Gasteiger partial charge is 0.386 e. The fourth-order valence-electron chi connectivity index (χ4n) is 10.6. The summed E-state index contributed by atoms with van der Waals surface area (Å²) in [6.07, 6.45) is 3.20. The van der Waals surface area contributed by atoms with Gasteiger partial charge in [-0.2, -0.15) is 172 Å². The summed E-state index contributed by atoms with van der Waals surface area (Å²) >= 11 is 27.8. The number of benzene rings is 4. The van der Waals surface area contributed by atoms with E-state index in [4.69, 9.17) is 14.2 Å². The molecule has 0 amide bonds. The molecule has 3 aliphatic rings. The summed E-state index contributed by atoms with van der Waals surface area (Å²) < 4.78 is 46.6. The molecule has 4 aromatic carbocycles. The van der Waals surface area contributed by atoms with Gasteiger partial charge in [0.25, 0.3) is 0 Å². The minimum absolute atomic E-state index is 0.188. The van der Waals surface area contributed by atoms with E-state index in [0.29, 0.717) is 13.2 Å². The Bertz CT molecular complexity index is 5150. The molecule has 0 radical (unpaired) electrons. The fourth-order valence-corrected chi connectivity index (χ4v) is 21.9. The molecule has 0 saturated heterocycles. The molecule has 2 aliphatic heterocycles. The SMILES string of the molecule is CC.CC(F)(F)F.Cc1ccsc1.Cc1ccsc1.Cc1ccsc1.Cc1ccsc1.Cc1ccsc1.Cc1ccsc1.Cc1ccsc1.Cc1cscc1C.Cc1cscc1C.c1cc(C2CCCCC2)cs1.c1ccc(-c2ccsc2)cc1.c1ccc(-c2ccsc2)cc1.c1ccc(-c2ccsc2)cc1.c1ccc2cscc2c1.c1scc2c1CO2.c1scc2c1OCCO2. The first-order valence-corrected chi connectivity index (χ1v) is 57.8. The molecule has 23 rings (SSSR count). The average Bonchev–Trinajstić information content (AvgIpc) is 1.69. The minimum Gasteiger partial charge on any atom is -0.487 e. The maximum absolute atomic E-state index is 10.4. The molecule has 20 aromatic rings. The number of hydrogen-bond donors (Lipinski definition) is 0. The van der Waals surface area contributed by atoms with E-state index >= 15 is 0 Å². The molecule has 0 spiro atoms. The van der Waals surface area contributed by atoms with Gasteiger partial charge in [0.1, 0.15) is 25.6 Å². The van der Waals surface area contributed by atoms with E-state index in [0.717, 1.165) is 29.8 Å². The molecule has 0 bridgehead atoms. The normalized spacial score (nSPS) is 11.0. The van der Waals surface area contributed by atoms with E-state index < -0.39 is 6.18 Å². The van der Waals surface area contributed by atoms with Crippen molar-refractivity contribution in [1.82, 2.24) is 0 Å². The zero-order valence-corrected chi connectivity index (χ0v) is 90.5. The van der Waals surface area contributed by atoms with Crippen molar-refractivity contribution in [3.05, 3.63) is 426 Å². The van der Waals surface area contributed by atoms with Crippen molar-refractivity contribution >= 4 is 192 Å². The van der Waals surface area contributed by atoms with Crippen LogP contribution in [0.5, 0.6) is 17.2 Å². The van der Waals surface area contributed by atoms with Crippen molar-refractivity contribution < 1.29 is 27.4 Å². The van der Waals surface area contributed by atoms with Crippen LogP contribution in [-0.4, -0.2) is 19.4 Å². The molecule has 0 N–H and O–H groups in total. The third kappa shape index (κ3) is 51.3. The van der Waals surface area contributed by atoms with Crippen LogP contribution in [0.25, 0.3) is 44.2 Å². The van der Waals surface area contributed by atoms with E-state index in [2.05, 4.69) is 396 Å². The minimum atomic E-state index is -4.00. The van der Waals surface area contributed by atoms with Gasteiger partial charge in [0.2, 0.25) is 0 Å². The average molecular weight is 2060 g/mol. The number of alkyl halides is 3. The number of thiophene rings is 16. The number of hydrogen-bond acceptors (Lipinski definition) is 19. The lowest BCUT2D eigenvalue weighted by Gasteiger charge is -2.20. The lowest BCUT2D eigenvalue weighted by Crippen LogP contribution is -2.13. The van der Waals surface area contributed by atoms with Gasteiger partial charge in [0, 0.05) is 34.0 Å². The van der Waals surface area contributed by atoms with Crippen LogP contribution in [0, 0.1) is 76.2 Å². The van der Waals surface area contributed by atoms with Gasteiger partial charge in [0.05, 0.1) is 0 Å². The second kappa shape index (κ2) is 69.4. The van der Waals surface area contributed by atoms with Crippen molar-refractivity contribution in [2.24, 2.45) is 0 Å². The monoisotopic (exact) mass is 2060 g/mol. The third-order valence-electron chi connectivity index (χ3n) is 18.0. The standard InChI is InChI=1S/C10H14S.3C10H8S.C8H6S.C6H6O2S.2C6H8S.C5H4OS.7C5H6S.C2H3F3.C2H6/c4*1-2-4-9(5-3-1)10-6-7-11-8-10;1-2-4-8-6-9-5-7(8)3-1;1-2-8-6-4-9-3-5(6)7-1;2*1-5-3-7-4-6(5)2;1-4-2-7-3-5(4)6-1;7*1-5-2-3-6-4-5;1-2(3,4)5;1-2/h6-9H,1-5H2;3*1-8H;1-6H;3-4H,1-2H2;2*3-4H,1-2H3;2-3H,1H2;7*2-4H,1H3;1H3;1-2H3. The van der Waals surface area contributed by atoms with Gasteiger partial charge >= 0.3 is 6.18 Å². The molecular formula is C110H121F3O3S16. The largest absolute Gasteiger partial charge is 0.487 e. The number of rotatable bonds is 4. The Hall–Kier alpha value is -8.47. The lowest BCUT2D eigenvalue weighted by molar-refractivity contribution is -0.110. The Balaban J connectivity index is 0.000000217. The van der Waals surface area contributed by atoms with E-state index in [9.17, 15) is 13.2 Å². The molecular weight excluding hydrogens is 1940 g/mol. The first kappa shape index (κ1) is 112. The summed E-state index contributed by atoms with van der Waals surface area (Å²) in [5.41, 5.74) is 26.0. The summed E-state index contributed by atoms with van der Waals surface area (Å²) in [5, 5.41) is 70.5. The molecule has 3 nitrogen and oxygen atoms in total. The number of fused-ring (bicyclic) bond motifs is 3. The quantitative estimate of drug-likeness (QED) is 0.176. The van der Waals surface area contributed by atoms with Crippen LogP contribution in [0.2, 0.25) is 0 Å². The molecule has 18 heterocycles. The Morgan fingerprint density at radius 1 is 0.242 bits per heavy atom. The van der Waals surface area contributed by atoms with E-state index in [1.807, 2.05) is 59.5 Å². The highest BCUT2D eigenvalue weighted by Crippen LogP contribution is 2.36. The van der Waals surface area contributed by atoms with Crippen LogP contribution < -0.4 is 14.2 Å². The predicted octanol–water partition coefficient (Wildman–Crippen LogP) is 41.8. The summed E-state index contributed by atoms with van der Waals surface area (Å²) in [4.78, 5) is 0. The molecule has 1 aliphatic carbocycles. The first-order valence-electron chi connectivity index (χ1n) is 42.8. The van der Waals surface area contributed by atoms with Crippen LogP contribution in [0.1, 0.15) is 131 Å². The second-order valence-corrected chi connectivity index (χ2v) is 41.5. The van der Waals surface area contributed by atoms with Crippen LogP contribution in [-0.2, 0) is 6.61 Å². The maximum Gasteiger partial charge on any atom is 0.386 e. The second-order valence-electron chi connectivity index (χ2n) is 29.2. The van der Waals surface area contributed by atoms with Crippen molar-refractivity contribution in [1.29, 1.82) is 0 Å². The van der Waals surface area contributed by atoms with Gasteiger partial charge in [-0.3, -0.25) is 0 Å². The predicted molar refractivity (Wildman–Crippen MR) is 599 cm³/mol. The molecule has 1 fully saturated rings. The van der Waals surface area contributed by atoms with Crippen molar-refractivity contribution in [2.45, 2.75) is 148 Å². The Labute approximate surface area is 848 Å². The molecule has 1 saturated carbocycles. The number of halogens is 3. The summed E-state index contributed by atoms with van der Waals surface area (Å²) in [7, 11) is 0. The van der Waals surface area contributed by atoms with Crippen molar-refractivity contribution in [3.63, 3.8) is 0 Å². The van der Waals surface area contributed by atoms with Crippen LogP contribution in [0.4, 0.5) is 13.2 Å². The summed E-state index contributed by atoms with van der Waals surface area (Å²) in [5.74, 6) is 3.78. The van der Waals surface area contributed by atoms with E-state index in [1.165, 1.54) is 143 Å². The highest BCUT2D eigenvalue weighted by molar-refractivity contribution is 7.12. The Morgan fingerprint density at radius 3 is 0.712 bits per heavy atom. The van der Waals surface area contributed by atoms with Crippen molar-refractivity contribution in [3.8, 4) is 50.6 Å². The van der Waals surface area contributed by atoms with E-state index in [1.54, 1.807) is 176 Å². The molecule has 132 heavy (non-hydrogen) atoms. The summed E-state index contributed by atoms with van der Waals surface area (Å²) in [6, 6.07) is 63.1. The Kier molecular flexibility index (Phi) is 59.0. The molecule has 0 unspecified atom stereocenters. The zero-order valence-electron chi connectivity index (χ0n) is 77.4. The van der Waals surface area contributed by atoms with E-state index in [-0.39, 0.29) is 6.92 Å². The molecule has 16 aromatic heterocycles. The van der Waals surface area contributed by atoms with Gasteiger partial charge in [-0.1, -0.05) is 148 Å². The topological polar surface area (TPSA) is 27.7 Å². The molecule has 696 valence electrons. The van der Waals surface area contributed by atoms with Gasteiger partial charge < -0.3 is 14.2 Å². The third-order valence-corrected chi connectivity index (χ3v) is 30.6. The van der Waals surface area contributed by atoms with Crippen LogP contribution >= 0.6 is 181 Å². The highest BCUT2D eigenvalue weighted by Gasteiger charge is 2.17. The van der Waals surface area contributed by atoms with Gasteiger partial charge in [-0.25, -0.2) is 0 Å².